The lowest BCUT2D eigenvalue weighted by Crippen LogP contribution is -2.46. The van der Waals surface area contributed by atoms with E-state index in [0.29, 0.717) is 23.6 Å². The van der Waals surface area contributed by atoms with Crippen molar-refractivity contribution in [2.45, 2.75) is 19.1 Å². The molecule has 11 heteroatoms. The minimum Gasteiger partial charge on any atom is -0.494 e. The average Bonchev–Trinajstić information content (AvgIpc) is 3.29. The molecule has 3 N–H and O–H groups in total. The van der Waals surface area contributed by atoms with Crippen LogP contribution in [0.1, 0.15) is 33.3 Å². The van der Waals surface area contributed by atoms with Gasteiger partial charge < -0.3 is 20.5 Å². The Balaban J connectivity index is 1.69. The fraction of sp³-hybridized carbons (Fsp3) is 0.261. The van der Waals surface area contributed by atoms with E-state index in [9.17, 15) is 27.9 Å². The van der Waals surface area contributed by atoms with Gasteiger partial charge in [0.15, 0.2) is 5.69 Å². The Morgan fingerprint density at radius 1 is 1.09 bits per heavy atom. The minimum absolute atomic E-state index is 0.206. The number of alkyl halides is 3. The largest absolute Gasteiger partial charge is 0.494 e. The van der Waals surface area contributed by atoms with E-state index in [2.05, 4.69) is 15.7 Å². The number of ether oxygens (including phenoxy) is 1. The van der Waals surface area contributed by atoms with Crippen molar-refractivity contribution in [3.63, 3.8) is 0 Å². The number of aliphatic hydroxyl groups is 1. The second-order valence-corrected chi connectivity index (χ2v) is 7.19. The van der Waals surface area contributed by atoms with E-state index >= 15 is 0 Å². The van der Waals surface area contributed by atoms with Gasteiger partial charge in [0.05, 0.1) is 30.5 Å². The summed E-state index contributed by atoms with van der Waals surface area (Å²) in [4.78, 5) is 25.0. The first-order chi connectivity index (χ1) is 16.2. The van der Waals surface area contributed by atoms with Crippen molar-refractivity contribution >= 4 is 11.8 Å². The third-order valence-corrected chi connectivity index (χ3v) is 4.74. The van der Waals surface area contributed by atoms with E-state index in [1.165, 1.54) is 0 Å². The summed E-state index contributed by atoms with van der Waals surface area (Å²) < 4.78 is 46.8. The fourth-order valence-electron chi connectivity index (χ4n) is 3.07. The molecule has 1 atom stereocenters. The van der Waals surface area contributed by atoms with Crippen LogP contribution in [0.2, 0.25) is 0 Å². The molecule has 0 saturated carbocycles. The number of rotatable bonds is 9. The Morgan fingerprint density at radius 2 is 1.76 bits per heavy atom. The average molecular weight is 476 g/mol. The number of carbonyl (C=O) groups is 2. The van der Waals surface area contributed by atoms with E-state index in [0.717, 1.165) is 10.9 Å². The molecule has 0 radical (unpaired) electrons. The molecule has 0 unspecified atom stereocenters. The summed E-state index contributed by atoms with van der Waals surface area (Å²) in [5, 5.41) is 18.0. The van der Waals surface area contributed by atoms with Crippen molar-refractivity contribution in [3.05, 3.63) is 77.6 Å². The summed E-state index contributed by atoms with van der Waals surface area (Å²) in [6, 6.07) is 13.3. The molecule has 0 fully saturated rings. The number of carbonyl (C=O) groups excluding carboxylic acids is 2. The van der Waals surface area contributed by atoms with Gasteiger partial charge >= 0.3 is 6.18 Å². The number of amides is 2. The van der Waals surface area contributed by atoms with Crippen LogP contribution >= 0.6 is 0 Å². The second-order valence-electron chi connectivity index (χ2n) is 7.19. The highest BCUT2D eigenvalue weighted by Crippen LogP contribution is 2.31. The van der Waals surface area contributed by atoms with E-state index < -0.39 is 41.9 Å². The molecule has 0 spiro atoms. The van der Waals surface area contributed by atoms with Gasteiger partial charge in [0.25, 0.3) is 11.8 Å². The molecule has 0 bridgehead atoms. The van der Waals surface area contributed by atoms with Crippen LogP contribution in [0.15, 0.2) is 60.8 Å². The maximum absolute atomic E-state index is 13.5. The minimum atomic E-state index is -4.87. The molecule has 2 amide bonds. The van der Waals surface area contributed by atoms with Crippen LogP contribution in [0.4, 0.5) is 13.2 Å². The predicted octanol–water partition coefficient (Wildman–Crippen LogP) is 2.81. The predicted molar refractivity (Wildman–Crippen MR) is 117 cm³/mol. The maximum atomic E-state index is 13.5. The molecule has 0 aliphatic rings. The quantitative estimate of drug-likeness (QED) is 0.441. The number of hydrogen-bond acceptors (Lipinski definition) is 5. The van der Waals surface area contributed by atoms with Crippen molar-refractivity contribution in [2.75, 3.05) is 19.8 Å². The third kappa shape index (κ3) is 6.13. The van der Waals surface area contributed by atoms with Crippen molar-refractivity contribution in [1.82, 2.24) is 20.4 Å². The van der Waals surface area contributed by atoms with Gasteiger partial charge in [-0.1, -0.05) is 18.2 Å². The molecule has 3 rings (SSSR count). The van der Waals surface area contributed by atoms with E-state index in [1.807, 2.05) is 6.92 Å². The SMILES string of the molecule is CCOc1ccc(C(=O)NC[C@H](CO)NC(=O)c2cn(-c3ccccc3)nc2C(F)(F)F)cc1. The molecule has 1 heterocycles. The Bertz CT molecular complexity index is 1120. The molecule has 0 aliphatic carbocycles. The summed E-state index contributed by atoms with van der Waals surface area (Å²) in [5.74, 6) is -0.969. The highest BCUT2D eigenvalue weighted by Gasteiger charge is 2.39. The number of nitrogens with one attached hydrogen (secondary N) is 2. The van der Waals surface area contributed by atoms with Crippen LogP contribution in [-0.4, -0.2) is 52.5 Å². The standard InChI is InChI=1S/C23H23F3N4O4/c1-2-34-18-10-8-15(9-11-18)21(32)27-12-16(14-31)28-22(33)19-13-30(17-6-4-3-5-7-17)29-20(19)23(24,25)26/h3-11,13,16,31H,2,12,14H2,1H3,(H,27,32)(H,28,33)/t16-/m1/s1. The molecule has 8 nitrogen and oxygen atoms in total. The number of nitrogens with zero attached hydrogens (tertiary/aromatic N) is 2. The summed E-state index contributed by atoms with van der Waals surface area (Å²) in [7, 11) is 0. The number of halogens is 3. The van der Waals surface area contributed by atoms with Crippen LogP contribution in [0.3, 0.4) is 0 Å². The van der Waals surface area contributed by atoms with Crippen LogP contribution in [-0.2, 0) is 6.18 Å². The van der Waals surface area contributed by atoms with Gasteiger partial charge in [-0.25, -0.2) is 4.68 Å². The van der Waals surface area contributed by atoms with Gasteiger partial charge in [-0.15, -0.1) is 0 Å². The van der Waals surface area contributed by atoms with Crippen LogP contribution in [0.5, 0.6) is 5.75 Å². The first-order valence-corrected chi connectivity index (χ1v) is 10.4. The van der Waals surface area contributed by atoms with E-state index in [4.69, 9.17) is 4.74 Å². The molecule has 3 aromatic rings. The normalized spacial score (nSPS) is 12.1. The van der Waals surface area contributed by atoms with Crippen molar-refractivity contribution in [2.24, 2.45) is 0 Å². The number of para-hydroxylation sites is 1. The molecule has 34 heavy (non-hydrogen) atoms. The van der Waals surface area contributed by atoms with Gasteiger partial charge in [-0.3, -0.25) is 9.59 Å². The van der Waals surface area contributed by atoms with Crippen molar-refractivity contribution in [1.29, 1.82) is 0 Å². The Morgan fingerprint density at radius 3 is 2.35 bits per heavy atom. The lowest BCUT2D eigenvalue weighted by atomic mass is 10.2. The highest BCUT2D eigenvalue weighted by molar-refractivity contribution is 5.96. The zero-order valence-electron chi connectivity index (χ0n) is 18.2. The molecule has 0 saturated heterocycles. The summed E-state index contributed by atoms with van der Waals surface area (Å²) >= 11 is 0. The van der Waals surface area contributed by atoms with Gasteiger partial charge in [0, 0.05) is 18.3 Å². The van der Waals surface area contributed by atoms with E-state index in [-0.39, 0.29) is 6.54 Å². The Kier molecular flexibility index (Phi) is 7.90. The summed E-state index contributed by atoms with van der Waals surface area (Å²) in [6.07, 6.45) is -3.90. The monoisotopic (exact) mass is 476 g/mol. The van der Waals surface area contributed by atoms with Crippen molar-refractivity contribution in [3.8, 4) is 11.4 Å². The zero-order valence-corrected chi connectivity index (χ0v) is 18.2. The zero-order chi connectivity index (χ0) is 24.7. The van der Waals surface area contributed by atoms with Crippen LogP contribution in [0.25, 0.3) is 5.69 Å². The van der Waals surface area contributed by atoms with Crippen LogP contribution in [0, 0.1) is 0 Å². The number of aliphatic hydroxyl groups excluding tert-OH is 1. The molecular formula is C23H23F3N4O4. The van der Waals surface area contributed by atoms with Gasteiger partial charge in [0.1, 0.15) is 5.75 Å². The Hall–Kier alpha value is -3.86. The molecule has 180 valence electrons. The van der Waals surface area contributed by atoms with Crippen molar-refractivity contribution < 1.29 is 32.6 Å². The topological polar surface area (TPSA) is 105 Å². The molecule has 2 aromatic carbocycles. The number of hydrogen-bond donors (Lipinski definition) is 3. The second kappa shape index (κ2) is 10.8. The first-order valence-electron chi connectivity index (χ1n) is 10.4. The summed E-state index contributed by atoms with van der Waals surface area (Å²) in [6.45, 7) is 1.49. The number of benzene rings is 2. The number of aromatic nitrogens is 2. The first kappa shape index (κ1) is 24.8. The lowest BCUT2D eigenvalue weighted by molar-refractivity contribution is -0.141. The van der Waals surface area contributed by atoms with Crippen LogP contribution < -0.4 is 15.4 Å². The lowest BCUT2D eigenvalue weighted by Gasteiger charge is -2.17. The van der Waals surface area contributed by atoms with Gasteiger partial charge in [0.2, 0.25) is 0 Å². The maximum Gasteiger partial charge on any atom is 0.435 e. The van der Waals surface area contributed by atoms with Gasteiger partial charge in [-0.05, 0) is 43.3 Å². The summed E-state index contributed by atoms with van der Waals surface area (Å²) in [5.41, 5.74) is -1.40. The van der Waals surface area contributed by atoms with E-state index in [1.54, 1.807) is 54.6 Å². The fourth-order valence-corrected chi connectivity index (χ4v) is 3.07. The molecular weight excluding hydrogens is 453 g/mol. The molecule has 0 aliphatic heterocycles. The third-order valence-electron chi connectivity index (χ3n) is 4.74. The highest BCUT2D eigenvalue weighted by atomic mass is 19.4. The smallest absolute Gasteiger partial charge is 0.435 e. The Labute approximate surface area is 193 Å². The molecule has 1 aromatic heterocycles. The van der Waals surface area contributed by atoms with Gasteiger partial charge in [-0.2, -0.15) is 18.3 Å².